The number of rotatable bonds is 5. The summed E-state index contributed by atoms with van der Waals surface area (Å²) in [6, 6.07) is 5.70. The third kappa shape index (κ3) is 4.64. The Morgan fingerprint density at radius 2 is 2.04 bits per heavy atom. The number of phenols is 1. The molecule has 1 aliphatic heterocycles. The maximum absolute atomic E-state index is 12.1. The first-order valence-electron chi connectivity index (χ1n) is 9.10. The van der Waals surface area contributed by atoms with Crippen LogP contribution < -0.4 is 5.32 Å². The molecule has 132 valence electrons. The zero-order valence-electron chi connectivity index (χ0n) is 14.1. The van der Waals surface area contributed by atoms with Crippen molar-refractivity contribution in [1.29, 1.82) is 0 Å². The predicted octanol–water partition coefficient (Wildman–Crippen LogP) is 3.36. The molecule has 24 heavy (non-hydrogen) atoms. The van der Waals surface area contributed by atoms with Gasteiger partial charge in [-0.1, -0.05) is 36.9 Å². The Kier molecular flexibility index (Phi) is 6.01. The number of aromatic hydroxyl groups is 1. The van der Waals surface area contributed by atoms with Gasteiger partial charge in [-0.25, -0.2) is 0 Å². The van der Waals surface area contributed by atoms with Gasteiger partial charge in [-0.05, 0) is 49.4 Å². The second kappa shape index (κ2) is 8.21. The zero-order chi connectivity index (χ0) is 16.9. The van der Waals surface area contributed by atoms with Gasteiger partial charge in [0.05, 0.1) is 11.4 Å². The Morgan fingerprint density at radius 1 is 1.25 bits per heavy atom. The van der Waals surface area contributed by atoms with Crippen molar-refractivity contribution < 1.29 is 9.90 Å². The van der Waals surface area contributed by atoms with Crippen LogP contribution in [-0.2, 0) is 11.2 Å². The van der Waals surface area contributed by atoms with E-state index in [1.54, 1.807) is 12.1 Å². The molecule has 2 fully saturated rings. The number of phenolic OH excluding ortho intramolecular Hbond substituents is 1. The molecule has 1 aliphatic carbocycles. The molecular weight excluding hydrogens is 324 g/mol. The summed E-state index contributed by atoms with van der Waals surface area (Å²) in [4.78, 5) is 14.8. The van der Waals surface area contributed by atoms with E-state index in [4.69, 9.17) is 11.6 Å². The summed E-state index contributed by atoms with van der Waals surface area (Å²) in [6.07, 6.45) is 8.32. The maximum atomic E-state index is 12.1. The minimum Gasteiger partial charge on any atom is -0.506 e. The van der Waals surface area contributed by atoms with E-state index in [1.807, 2.05) is 0 Å². The Morgan fingerprint density at radius 3 is 2.79 bits per heavy atom. The smallest absolute Gasteiger partial charge is 0.224 e. The summed E-state index contributed by atoms with van der Waals surface area (Å²) in [5, 5.41) is 12.8. The first-order valence-corrected chi connectivity index (χ1v) is 9.48. The fourth-order valence-electron chi connectivity index (χ4n) is 3.97. The number of likely N-dealkylation sites (tertiary alicyclic amines) is 1. The van der Waals surface area contributed by atoms with Crippen molar-refractivity contribution in [2.75, 3.05) is 19.6 Å². The molecule has 2 aliphatic rings. The summed E-state index contributed by atoms with van der Waals surface area (Å²) in [7, 11) is 0. The molecule has 1 heterocycles. The molecule has 0 radical (unpaired) electrons. The molecule has 4 nitrogen and oxygen atoms in total. The van der Waals surface area contributed by atoms with Gasteiger partial charge in [0, 0.05) is 19.1 Å². The van der Waals surface area contributed by atoms with Crippen LogP contribution in [0.2, 0.25) is 5.02 Å². The zero-order valence-corrected chi connectivity index (χ0v) is 14.9. The molecule has 0 bridgehead atoms. The Labute approximate surface area is 149 Å². The number of nitrogens with zero attached hydrogens (tertiary/aromatic N) is 1. The quantitative estimate of drug-likeness (QED) is 0.856. The molecule has 1 amide bonds. The van der Waals surface area contributed by atoms with Gasteiger partial charge in [0.25, 0.3) is 0 Å². The van der Waals surface area contributed by atoms with Crippen LogP contribution in [0.3, 0.4) is 0 Å². The molecule has 1 unspecified atom stereocenters. The highest BCUT2D eigenvalue weighted by Gasteiger charge is 2.29. The fourth-order valence-corrected chi connectivity index (χ4v) is 4.18. The van der Waals surface area contributed by atoms with Crippen LogP contribution in [-0.4, -0.2) is 41.6 Å². The SMILES string of the molecule is O=C(Cc1ccc(O)c(Cl)c1)NCC1CCN(C2CCCCC2)C1. The Hall–Kier alpha value is -1.26. The maximum Gasteiger partial charge on any atom is 0.224 e. The molecule has 1 saturated carbocycles. The lowest BCUT2D eigenvalue weighted by molar-refractivity contribution is -0.120. The normalized spacial score (nSPS) is 22.6. The highest BCUT2D eigenvalue weighted by molar-refractivity contribution is 6.32. The molecule has 1 atom stereocenters. The van der Waals surface area contributed by atoms with Gasteiger partial charge < -0.3 is 15.3 Å². The monoisotopic (exact) mass is 350 g/mol. The lowest BCUT2D eigenvalue weighted by Crippen LogP contribution is -2.36. The van der Waals surface area contributed by atoms with Crippen molar-refractivity contribution in [3.8, 4) is 5.75 Å². The van der Waals surface area contributed by atoms with E-state index >= 15 is 0 Å². The summed E-state index contributed by atoms with van der Waals surface area (Å²) >= 11 is 5.88. The van der Waals surface area contributed by atoms with Gasteiger partial charge in [0.1, 0.15) is 5.75 Å². The van der Waals surface area contributed by atoms with Crippen LogP contribution in [0.5, 0.6) is 5.75 Å². The summed E-state index contributed by atoms with van der Waals surface area (Å²) < 4.78 is 0. The van der Waals surface area contributed by atoms with Gasteiger partial charge in [-0.3, -0.25) is 4.79 Å². The second-order valence-electron chi connectivity index (χ2n) is 7.21. The lowest BCUT2D eigenvalue weighted by atomic mass is 9.94. The Bertz CT molecular complexity index is 572. The van der Waals surface area contributed by atoms with Crippen LogP contribution in [0.25, 0.3) is 0 Å². The first kappa shape index (κ1) is 17.6. The molecule has 1 aromatic carbocycles. The molecule has 5 heteroatoms. The molecule has 2 N–H and O–H groups in total. The average molecular weight is 351 g/mol. The van der Waals surface area contributed by atoms with E-state index < -0.39 is 0 Å². The van der Waals surface area contributed by atoms with Crippen molar-refractivity contribution in [3.05, 3.63) is 28.8 Å². The number of hydrogen-bond donors (Lipinski definition) is 2. The number of carbonyl (C=O) groups excluding carboxylic acids is 1. The van der Waals surface area contributed by atoms with Gasteiger partial charge in [-0.15, -0.1) is 0 Å². The topological polar surface area (TPSA) is 52.6 Å². The van der Waals surface area contributed by atoms with Crippen LogP contribution in [0, 0.1) is 5.92 Å². The highest BCUT2D eigenvalue weighted by atomic mass is 35.5. The van der Waals surface area contributed by atoms with E-state index in [0.717, 1.165) is 24.7 Å². The molecule has 1 saturated heterocycles. The van der Waals surface area contributed by atoms with Crippen LogP contribution in [0.4, 0.5) is 0 Å². The Balaban J connectivity index is 1.41. The third-order valence-corrected chi connectivity index (χ3v) is 5.68. The van der Waals surface area contributed by atoms with Crippen molar-refractivity contribution in [3.63, 3.8) is 0 Å². The van der Waals surface area contributed by atoms with Crippen molar-refractivity contribution >= 4 is 17.5 Å². The van der Waals surface area contributed by atoms with Gasteiger partial charge in [-0.2, -0.15) is 0 Å². The van der Waals surface area contributed by atoms with Crippen LogP contribution >= 0.6 is 11.6 Å². The lowest BCUT2D eigenvalue weighted by Gasteiger charge is -2.31. The van der Waals surface area contributed by atoms with Gasteiger partial charge >= 0.3 is 0 Å². The molecule has 0 spiro atoms. The number of nitrogens with one attached hydrogen (secondary N) is 1. The third-order valence-electron chi connectivity index (χ3n) is 5.37. The minimum absolute atomic E-state index is 0.0212. The molecule has 3 rings (SSSR count). The van der Waals surface area contributed by atoms with Gasteiger partial charge in [0.15, 0.2) is 0 Å². The van der Waals surface area contributed by atoms with Crippen LogP contribution in [0.1, 0.15) is 44.1 Å². The number of benzene rings is 1. The minimum atomic E-state index is 0.0212. The van der Waals surface area contributed by atoms with Crippen molar-refractivity contribution in [2.45, 2.75) is 51.0 Å². The number of carbonyl (C=O) groups is 1. The molecular formula is C19H27ClN2O2. The van der Waals surface area contributed by atoms with E-state index in [0.29, 0.717) is 17.4 Å². The first-order chi connectivity index (χ1) is 11.6. The highest BCUT2D eigenvalue weighted by Crippen LogP contribution is 2.27. The van der Waals surface area contributed by atoms with Gasteiger partial charge in [0.2, 0.25) is 5.91 Å². The summed E-state index contributed by atoms with van der Waals surface area (Å²) in [6.45, 7) is 3.06. The average Bonchev–Trinajstić information content (AvgIpc) is 3.06. The molecule has 0 aromatic heterocycles. The van der Waals surface area contributed by atoms with Crippen molar-refractivity contribution in [1.82, 2.24) is 10.2 Å². The van der Waals surface area contributed by atoms with Crippen molar-refractivity contribution in [2.24, 2.45) is 5.92 Å². The van der Waals surface area contributed by atoms with E-state index in [2.05, 4.69) is 10.2 Å². The van der Waals surface area contributed by atoms with Crippen LogP contribution in [0.15, 0.2) is 18.2 Å². The number of hydrogen-bond acceptors (Lipinski definition) is 3. The van der Waals surface area contributed by atoms with E-state index in [1.165, 1.54) is 51.1 Å². The number of amides is 1. The second-order valence-corrected chi connectivity index (χ2v) is 7.62. The standard InChI is InChI=1S/C19H27ClN2O2/c20-17-10-14(6-7-18(17)23)11-19(24)21-12-15-8-9-22(13-15)16-4-2-1-3-5-16/h6-7,10,15-16,23H,1-5,8-9,11-13H2,(H,21,24). The largest absolute Gasteiger partial charge is 0.506 e. The summed E-state index contributed by atoms with van der Waals surface area (Å²) in [5.41, 5.74) is 0.825. The predicted molar refractivity (Wildman–Crippen MR) is 96.4 cm³/mol. The fraction of sp³-hybridized carbons (Fsp3) is 0.632. The molecule has 1 aromatic rings. The van der Waals surface area contributed by atoms with E-state index in [9.17, 15) is 9.90 Å². The number of halogens is 1. The van der Waals surface area contributed by atoms with E-state index in [-0.39, 0.29) is 11.7 Å². The summed E-state index contributed by atoms with van der Waals surface area (Å²) in [5.74, 6) is 0.640.